The first kappa shape index (κ1) is 24.2. The Labute approximate surface area is 208 Å². The average molecular weight is 490 g/mol. The summed E-state index contributed by atoms with van der Waals surface area (Å²) in [5, 5.41) is 7.27. The molecule has 35 heavy (non-hydrogen) atoms. The molecule has 180 valence electrons. The molecule has 2 heterocycles. The molecule has 1 aromatic heterocycles. The van der Waals surface area contributed by atoms with E-state index in [1.54, 1.807) is 25.2 Å². The number of hydrogen-bond donors (Lipinski definition) is 2. The zero-order valence-electron chi connectivity index (χ0n) is 20.3. The Bertz CT molecular complexity index is 1300. The Morgan fingerprint density at radius 2 is 1.46 bits per heavy atom. The predicted octanol–water partition coefficient (Wildman–Crippen LogP) is 5.44. The van der Waals surface area contributed by atoms with Gasteiger partial charge in [-0.3, -0.25) is 0 Å². The lowest BCUT2D eigenvalue weighted by atomic mass is 9.79. The minimum absolute atomic E-state index is 0.355. The quantitative estimate of drug-likeness (QED) is 0.446. The van der Waals surface area contributed by atoms with Crippen molar-refractivity contribution in [2.45, 2.75) is 26.7 Å². The van der Waals surface area contributed by atoms with Crippen molar-refractivity contribution in [2.75, 3.05) is 19.5 Å². The predicted molar refractivity (Wildman–Crippen MR) is 137 cm³/mol. The van der Waals surface area contributed by atoms with Crippen LogP contribution in [0.5, 0.6) is 0 Å². The Balaban J connectivity index is 1.81. The summed E-state index contributed by atoms with van der Waals surface area (Å²) in [6.07, 6.45) is 0. The highest BCUT2D eigenvalue weighted by molar-refractivity contribution is 7.16. The van der Waals surface area contributed by atoms with E-state index < -0.39 is 17.9 Å². The summed E-state index contributed by atoms with van der Waals surface area (Å²) < 4.78 is 10.2. The van der Waals surface area contributed by atoms with E-state index in [1.165, 1.54) is 14.2 Å². The Hall–Kier alpha value is -3.91. The molecule has 8 heteroatoms. The number of esters is 2. The Morgan fingerprint density at radius 1 is 0.886 bits per heavy atom. The minimum atomic E-state index is -0.686. The molecule has 1 aliphatic rings. The second-order valence-corrected chi connectivity index (χ2v) is 9.32. The maximum absolute atomic E-state index is 12.9. The van der Waals surface area contributed by atoms with Gasteiger partial charge >= 0.3 is 11.9 Å². The van der Waals surface area contributed by atoms with Gasteiger partial charge in [-0.05, 0) is 32.4 Å². The fraction of sp³-hybridized carbons (Fsp3) is 0.222. The lowest BCUT2D eigenvalue weighted by Crippen LogP contribution is -2.32. The van der Waals surface area contributed by atoms with Crippen LogP contribution < -0.4 is 10.6 Å². The number of anilines is 2. The van der Waals surface area contributed by atoms with E-state index in [0.29, 0.717) is 27.7 Å². The first-order chi connectivity index (χ1) is 16.8. The maximum Gasteiger partial charge on any atom is 0.336 e. The molecular formula is C27H27N3O4S. The number of methoxy groups -OCH3 is 2. The molecule has 2 aromatic carbocycles. The summed E-state index contributed by atoms with van der Waals surface area (Å²) in [6, 6.07) is 17.6. The van der Waals surface area contributed by atoms with Crippen molar-refractivity contribution >= 4 is 34.1 Å². The van der Waals surface area contributed by atoms with Crippen molar-refractivity contribution in [3.8, 4) is 11.3 Å². The number of benzene rings is 2. The molecule has 0 saturated heterocycles. The molecule has 0 saturated carbocycles. The van der Waals surface area contributed by atoms with Crippen LogP contribution >= 0.6 is 11.3 Å². The van der Waals surface area contributed by atoms with Crippen molar-refractivity contribution < 1.29 is 19.1 Å². The molecule has 1 aliphatic heterocycles. The number of carbonyl (C=O) groups is 2. The van der Waals surface area contributed by atoms with E-state index in [4.69, 9.17) is 14.5 Å². The molecule has 0 unspecified atom stereocenters. The van der Waals surface area contributed by atoms with Crippen LogP contribution in [0.4, 0.5) is 10.8 Å². The van der Waals surface area contributed by atoms with Crippen LogP contribution in [0, 0.1) is 6.92 Å². The fourth-order valence-corrected chi connectivity index (χ4v) is 5.21. The molecule has 2 N–H and O–H groups in total. The van der Waals surface area contributed by atoms with Crippen LogP contribution in [0.25, 0.3) is 11.3 Å². The number of hydrogen-bond acceptors (Lipinski definition) is 8. The van der Waals surface area contributed by atoms with E-state index in [0.717, 1.165) is 27.4 Å². The smallest absolute Gasteiger partial charge is 0.336 e. The zero-order valence-corrected chi connectivity index (χ0v) is 21.1. The van der Waals surface area contributed by atoms with Gasteiger partial charge in [-0.25, -0.2) is 14.6 Å². The first-order valence-electron chi connectivity index (χ1n) is 11.1. The van der Waals surface area contributed by atoms with E-state index in [9.17, 15) is 9.59 Å². The molecule has 0 radical (unpaired) electrons. The summed E-state index contributed by atoms with van der Waals surface area (Å²) in [4.78, 5) is 31.6. The number of rotatable bonds is 6. The van der Waals surface area contributed by atoms with Crippen LogP contribution in [-0.4, -0.2) is 31.1 Å². The maximum atomic E-state index is 12.9. The number of ether oxygens (including phenoxy) is 2. The van der Waals surface area contributed by atoms with Gasteiger partial charge in [0.05, 0.1) is 37.0 Å². The van der Waals surface area contributed by atoms with Gasteiger partial charge in [0.15, 0.2) is 5.13 Å². The highest BCUT2D eigenvalue weighted by Gasteiger charge is 2.38. The molecule has 0 spiro atoms. The second-order valence-electron chi connectivity index (χ2n) is 8.12. The largest absolute Gasteiger partial charge is 0.466 e. The third-order valence-corrected chi connectivity index (χ3v) is 6.81. The van der Waals surface area contributed by atoms with Gasteiger partial charge in [0.2, 0.25) is 0 Å². The lowest BCUT2D eigenvalue weighted by Gasteiger charge is -2.31. The lowest BCUT2D eigenvalue weighted by molar-refractivity contribution is -0.137. The monoisotopic (exact) mass is 489 g/mol. The van der Waals surface area contributed by atoms with Crippen molar-refractivity contribution in [3.05, 3.63) is 87.6 Å². The third-order valence-electron chi connectivity index (χ3n) is 5.93. The molecular weight excluding hydrogens is 462 g/mol. The Kier molecular flexibility index (Phi) is 7.02. The van der Waals surface area contributed by atoms with Gasteiger partial charge < -0.3 is 20.1 Å². The van der Waals surface area contributed by atoms with E-state index in [-0.39, 0.29) is 0 Å². The molecule has 0 amide bonds. The molecule has 4 rings (SSSR count). The molecule has 3 aromatic rings. The van der Waals surface area contributed by atoms with Gasteiger partial charge in [0.25, 0.3) is 0 Å². The van der Waals surface area contributed by atoms with E-state index in [1.807, 2.05) is 61.5 Å². The fourth-order valence-electron chi connectivity index (χ4n) is 4.36. The van der Waals surface area contributed by atoms with Gasteiger partial charge in [0, 0.05) is 27.5 Å². The number of para-hydroxylation sites is 1. The topological polar surface area (TPSA) is 89.5 Å². The molecule has 0 atom stereocenters. The number of aryl methyl sites for hydroxylation is 1. The van der Waals surface area contributed by atoms with Gasteiger partial charge in [-0.15, -0.1) is 11.3 Å². The third kappa shape index (κ3) is 4.70. The highest BCUT2D eigenvalue weighted by atomic mass is 32.1. The van der Waals surface area contributed by atoms with Gasteiger partial charge in [0.1, 0.15) is 0 Å². The number of carbonyl (C=O) groups excluding carboxylic acids is 2. The number of thiazole rings is 1. The van der Waals surface area contributed by atoms with E-state index >= 15 is 0 Å². The highest BCUT2D eigenvalue weighted by Crippen LogP contribution is 2.43. The number of aromatic nitrogens is 1. The van der Waals surface area contributed by atoms with Crippen LogP contribution in [0.3, 0.4) is 0 Å². The Morgan fingerprint density at radius 3 is 2.06 bits per heavy atom. The van der Waals surface area contributed by atoms with Crippen LogP contribution in [0.15, 0.2) is 77.1 Å². The standard InChI is InChI=1S/C27H27N3O4S/c1-15-21(25(31)33-4)23(22(16(2)28-15)26(32)34-5)19-13-9-10-14-20(19)29-27-30-24(17(3)35-27)18-11-7-6-8-12-18/h6-14,23,28H,1-5H3,(H,29,30). The number of dihydropyridines is 1. The summed E-state index contributed by atoms with van der Waals surface area (Å²) in [5.41, 5.74) is 5.38. The SMILES string of the molecule is COC(=O)C1=C(C)NC(C)=C(C(=O)OC)C1c1ccccc1Nc1nc(-c2ccccc2)c(C)s1. The minimum Gasteiger partial charge on any atom is -0.466 e. The average Bonchev–Trinajstić information content (AvgIpc) is 3.23. The summed E-state index contributed by atoms with van der Waals surface area (Å²) in [6.45, 7) is 5.62. The summed E-state index contributed by atoms with van der Waals surface area (Å²) >= 11 is 1.54. The van der Waals surface area contributed by atoms with Crippen molar-refractivity contribution in [3.63, 3.8) is 0 Å². The van der Waals surface area contributed by atoms with Gasteiger partial charge in [-0.2, -0.15) is 0 Å². The van der Waals surface area contributed by atoms with Crippen molar-refractivity contribution in [1.82, 2.24) is 10.3 Å². The molecule has 0 fully saturated rings. The summed E-state index contributed by atoms with van der Waals surface area (Å²) in [7, 11) is 2.66. The first-order valence-corrected chi connectivity index (χ1v) is 11.9. The zero-order chi connectivity index (χ0) is 25.1. The number of nitrogens with one attached hydrogen (secondary N) is 2. The number of nitrogens with zero attached hydrogens (tertiary/aromatic N) is 1. The van der Waals surface area contributed by atoms with Crippen LogP contribution in [0.1, 0.15) is 30.2 Å². The molecule has 7 nitrogen and oxygen atoms in total. The molecule has 0 bridgehead atoms. The van der Waals surface area contributed by atoms with Gasteiger partial charge in [-0.1, -0.05) is 48.5 Å². The molecule has 0 aliphatic carbocycles. The van der Waals surface area contributed by atoms with Crippen molar-refractivity contribution in [2.24, 2.45) is 0 Å². The van der Waals surface area contributed by atoms with Crippen LogP contribution in [0.2, 0.25) is 0 Å². The normalized spacial score (nSPS) is 14.0. The van der Waals surface area contributed by atoms with Crippen molar-refractivity contribution in [1.29, 1.82) is 0 Å². The number of allylic oxidation sites excluding steroid dienone is 2. The van der Waals surface area contributed by atoms with Crippen LogP contribution in [-0.2, 0) is 19.1 Å². The summed E-state index contributed by atoms with van der Waals surface area (Å²) in [5.74, 6) is -1.71. The van der Waals surface area contributed by atoms with E-state index in [2.05, 4.69) is 10.6 Å². The second kappa shape index (κ2) is 10.1.